The average molecular weight is 360 g/mol. The fraction of sp³-hybridized carbons (Fsp3) is 0.368. The van der Waals surface area contributed by atoms with Gasteiger partial charge in [0.1, 0.15) is 11.6 Å². The molecule has 1 atom stereocenters. The molecule has 0 radical (unpaired) electrons. The highest BCUT2D eigenvalue weighted by Gasteiger charge is 2.18. The van der Waals surface area contributed by atoms with E-state index in [-0.39, 0.29) is 5.91 Å². The molecule has 1 amide bonds. The quantitative estimate of drug-likeness (QED) is 0.887. The maximum Gasteiger partial charge on any atom is 0.255 e. The highest BCUT2D eigenvalue weighted by Crippen LogP contribution is 2.27. The van der Waals surface area contributed by atoms with E-state index >= 15 is 0 Å². The van der Waals surface area contributed by atoms with E-state index in [1.807, 2.05) is 6.07 Å². The van der Waals surface area contributed by atoms with E-state index in [4.69, 9.17) is 16.3 Å². The molecule has 1 aromatic heterocycles. The van der Waals surface area contributed by atoms with Gasteiger partial charge in [-0.25, -0.2) is 4.98 Å². The molecule has 3 rings (SSSR count). The van der Waals surface area contributed by atoms with E-state index in [9.17, 15) is 4.79 Å². The number of pyridine rings is 1. The molecule has 2 heterocycles. The summed E-state index contributed by atoms with van der Waals surface area (Å²) in [7, 11) is 1.55. The van der Waals surface area contributed by atoms with Gasteiger partial charge in [0.15, 0.2) is 0 Å². The number of halogens is 1. The molecule has 0 saturated carbocycles. The van der Waals surface area contributed by atoms with Crippen molar-refractivity contribution in [3.8, 4) is 5.75 Å². The third-order valence-corrected chi connectivity index (χ3v) is 4.69. The smallest absolute Gasteiger partial charge is 0.255 e. The molecule has 1 aromatic carbocycles. The van der Waals surface area contributed by atoms with Crippen LogP contribution in [-0.4, -0.2) is 31.1 Å². The summed E-state index contributed by atoms with van der Waals surface area (Å²) in [6, 6.07) is 8.73. The Bertz CT molecular complexity index is 766. The minimum atomic E-state index is -0.185. The number of piperidine rings is 1. The Morgan fingerprint density at radius 3 is 2.92 bits per heavy atom. The topological polar surface area (TPSA) is 54.5 Å². The second kappa shape index (κ2) is 7.74. The van der Waals surface area contributed by atoms with E-state index in [1.165, 1.54) is 6.42 Å². The second-order valence-corrected chi connectivity index (χ2v) is 6.81. The van der Waals surface area contributed by atoms with Crippen LogP contribution in [0.4, 0.5) is 11.5 Å². The van der Waals surface area contributed by atoms with Crippen molar-refractivity contribution >= 4 is 29.0 Å². The Balaban J connectivity index is 1.74. The molecular formula is C19H22ClN3O2. The van der Waals surface area contributed by atoms with Gasteiger partial charge in [0.2, 0.25) is 0 Å². The molecule has 1 aliphatic heterocycles. The minimum absolute atomic E-state index is 0.185. The third kappa shape index (κ3) is 4.23. The summed E-state index contributed by atoms with van der Waals surface area (Å²) >= 11 is 6.11. The van der Waals surface area contributed by atoms with Crippen LogP contribution in [0.15, 0.2) is 36.5 Å². The lowest BCUT2D eigenvalue weighted by Crippen LogP contribution is -2.34. The van der Waals surface area contributed by atoms with Crippen LogP contribution >= 0.6 is 11.6 Å². The van der Waals surface area contributed by atoms with Crippen LogP contribution in [0.25, 0.3) is 0 Å². The number of carbonyl (C=O) groups is 1. The summed E-state index contributed by atoms with van der Waals surface area (Å²) in [5, 5.41) is 3.32. The number of methoxy groups -OCH3 is 1. The molecule has 1 unspecified atom stereocenters. The first kappa shape index (κ1) is 17.5. The van der Waals surface area contributed by atoms with Gasteiger partial charge in [0.05, 0.1) is 12.1 Å². The van der Waals surface area contributed by atoms with Crippen LogP contribution in [0.3, 0.4) is 0 Å². The first-order chi connectivity index (χ1) is 12.1. The standard InChI is InChI=1S/C19H22ClN3O2/c1-13-4-3-9-23(12-13)18-10-14(7-8-21-18)19(24)22-15-5-6-17(25-2)16(20)11-15/h5-8,10-11,13H,3-4,9,12H2,1-2H3,(H,22,24). The Morgan fingerprint density at radius 1 is 1.36 bits per heavy atom. The van der Waals surface area contributed by atoms with Gasteiger partial charge in [0, 0.05) is 30.5 Å². The zero-order chi connectivity index (χ0) is 17.8. The maximum atomic E-state index is 12.5. The van der Waals surface area contributed by atoms with Crippen LogP contribution in [0.1, 0.15) is 30.1 Å². The SMILES string of the molecule is COc1ccc(NC(=O)c2ccnc(N3CCCC(C)C3)c2)cc1Cl. The molecular weight excluding hydrogens is 338 g/mol. The van der Waals surface area contributed by atoms with E-state index < -0.39 is 0 Å². The van der Waals surface area contributed by atoms with Gasteiger partial charge in [-0.3, -0.25) is 4.79 Å². The Morgan fingerprint density at radius 2 is 2.20 bits per heavy atom. The van der Waals surface area contributed by atoms with Crippen molar-refractivity contribution in [3.63, 3.8) is 0 Å². The number of nitrogens with one attached hydrogen (secondary N) is 1. The summed E-state index contributed by atoms with van der Waals surface area (Å²) in [5.41, 5.74) is 1.20. The van der Waals surface area contributed by atoms with Crippen LogP contribution in [0.5, 0.6) is 5.75 Å². The predicted molar refractivity (Wildman–Crippen MR) is 101 cm³/mol. The fourth-order valence-electron chi connectivity index (χ4n) is 3.08. The molecule has 1 N–H and O–H groups in total. The van der Waals surface area contributed by atoms with Gasteiger partial charge < -0.3 is 15.0 Å². The zero-order valence-electron chi connectivity index (χ0n) is 14.5. The number of rotatable bonds is 4. The lowest BCUT2D eigenvalue weighted by atomic mass is 10.0. The number of anilines is 2. The van der Waals surface area contributed by atoms with Crippen molar-refractivity contribution in [1.82, 2.24) is 4.98 Å². The predicted octanol–water partition coefficient (Wildman–Crippen LogP) is 4.23. The summed E-state index contributed by atoms with van der Waals surface area (Å²) in [6.07, 6.45) is 4.09. The number of carbonyl (C=O) groups excluding carboxylic acids is 1. The summed E-state index contributed by atoms with van der Waals surface area (Å²) in [6.45, 7) is 4.21. The molecule has 0 bridgehead atoms. The van der Waals surface area contributed by atoms with E-state index in [2.05, 4.69) is 22.1 Å². The van der Waals surface area contributed by atoms with Crippen molar-refractivity contribution in [2.45, 2.75) is 19.8 Å². The van der Waals surface area contributed by atoms with Crippen molar-refractivity contribution in [2.24, 2.45) is 5.92 Å². The summed E-state index contributed by atoms with van der Waals surface area (Å²) in [4.78, 5) is 19.2. The maximum absolute atomic E-state index is 12.5. The number of ether oxygens (including phenoxy) is 1. The molecule has 132 valence electrons. The Kier molecular flexibility index (Phi) is 5.43. The molecule has 1 fully saturated rings. The van der Waals surface area contributed by atoms with E-state index in [0.717, 1.165) is 25.3 Å². The van der Waals surface area contributed by atoms with Crippen LogP contribution in [-0.2, 0) is 0 Å². The van der Waals surface area contributed by atoms with Gasteiger partial charge in [-0.05, 0) is 49.1 Å². The molecule has 0 spiro atoms. The normalized spacial score (nSPS) is 17.2. The molecule has 0 aliphatic carbocycles. The van der Waals surface area contributed by atoms with Crippen molar-refractivity contribution < 1.29 is 9.53 Å². The zero-order valence-corrected chi connectivity index (χ0v) is 15.2. The largest absolute Gasteiger partial charge is 0.495 e. The lowest BCUT2D eigenvalue weighted by Gasteiger charge is -2.31. The number of nitrogens with zero attached hydrogens (tertiary/aromatic N) is 2. The van der Waals surface area contributed by atoms with Crippen LogP contribution < -0.4 is 15.0 Å². The number of amides is 1. The van der Waals surface area contributed by atoms with Gasteiger partial charge in [-0.2, -0.15) is 0 Å². The summed E-state index contributed by atoms with van der Waals surface area (Å²) < 4.78 is 5.12. The van der Waals surface area contributed by atoms with Gasteiger partial charge >= 0.3 is 0 Å². The number of hydrogen-bond acceptors (Lipinski definition) is 4. The molecule has 6 heteroatoms. The first-order valence-electron chi connectivity index (χ1n) is 8.42. The lowest BCUT2D eigenvalue weighted by molar-refractivity contribution is 0.102. The van der Waals surface area contributed by atoms with Crippen molar-refractivity contribution in [3.05, 3.63) is 47.1 Å². The number of aromatic nitrogens is 1. The monoisotopic (exact) mass is 359 g/mol. The Labute approximate surface area is 153 Å². The van der Waals surface area contributed by atoms with E-state index in [1.54, 1.807) is 37.6 Å². The molecule has 25 heavy (non-hydrogen) atoms. The molecule has 1 saturated heterocycles. The van der Waals surface area contributed by atoms with Gasteiger partial charge in [-0.1, -0.05) is 18.5 Å². The fourth-order valence-corrected chi connectivity index (χ4v) is 3.34. The second-order valence-electron chi connectivity index (χ2n) is 6.40. The first-order valence-corrected chi connectivity index (χ1v) is 8.80. The summed E-state index contributed by atoms with van der Waals surface area (Å²) in [5.74, 6) is 1.89. The van der Waals surface area contributed by atoms with Gasteiger partial charge in [-0.15, -0.1) is 0 Å². The highest BCUT2D eigenvalue weighted by atomic mass is 35.5. The van der Waals surface area contributed by atoms with Crippen molar-refractivity contribution in [1.29, 1.82) is 0 Å². The minimum Gasteiger partial charge on any atom is -0.495 e. The van der Waals surface area contributed by atoms with Crippen LogP contribution in [0, 0.1) is 5.92 Å². The third-order valence-electron chi connectivity index (χ3n) is 4.40. The number of hydrogen-bond donors (Lipinski definition) is 1. The van der Waals surface area contributed by atoms with E-state index in [0.29, 0.717) is 27.9 Å². The average Bonchev–Trinajstić information content (AvgIpc) is 2.62. The number of benzene rings is 1. The molecule has 1 aliphatic rings. The van der Waals surface area contributed by atoms with Gasteiger partial charge in [0.25, 0.3) is 5.91 Å². The van der Waals surface area contributed by atoms with Crippen molar-refractivity contribution in [2.75, 3.05) is 30.4 Å². The molecule has 5 nitrogen and oxygen atoms in total. The highest BCUT2D eigenvalue weighted by molar-refractivity contribution is 6.32. The van der Waals surface area contributed by atoms with Crippen LogP contribution in [0.2, 0.25) is 5.02 Å². The Hall–Kier alpha value is -2.27. The molecule has 2 aromatic rings.